The van der Waals surface area contributed by atoms with E-state index < -0.39 is 43.0 Å². The molecule has 1 aliphatic rings. The Labute approximate surface area is 152 Å². The molecule has 0 radical (unpaired) electrons. The summed E-state index contributed by atoms with van der Waals surface area (Å²) in [5, 5.41) is 11.1. The lowest BCUT2D eigenvalue weighted by molar-refractivity contribution is -0.384. The highest BCUT2D eigenvalue weighted by atomic mass is 32.2. The van der Waals surface area contributed by atoms with Crippen molar-refractivity contribution in [3.8, 4) is 0 Å². The molecule has 2 aromatic rings. The number of nitro benzene ring substituents is 1. The summed E-state index contributed by atoms with van der Waals surface area (Å²) >= 11 is 0. The van der Waals surface area contributed by atoms with E-state index in [-0.39, 0.29) is 31.9 Å². The minimum atomic E-state index is -4.18. The van der Waals surface area contributed by atoms with Crippen LogP contribution in [-0.2, 0) is 10.0 Å². The molecule has 0 spiro atoms. The van der Waals surface area contributed by atoms with Crippen LogP contribution >= 0.6 is 0 Å². The van der Waals surface area contributed by atoms with Gasteiger partial charge in [-0.2, -0.15) is 4.31 Å². The van der Waals surface area contributed by atoms with Crippen molar-refractivity contribution in [3.63, 3.8) is 0 Å². The highest BCUT2D eigenvalue weighted by Crippen LogP contribution is 2.30. The van der Waals surface area contributed by atoms with Crippen LogP contribution in [0.1, 0.15) is 0 Å². The highest BCUT2D eigenvalue weighted by molar-refractivity contribution is 7.89. The number of benzene rings is 2. The summed E-state index contributed by atoms with van der Waals surface area (Å²) < 4.78 is 66.3. The molecule has 11 heteroatoms. The summed E-state index contributed by atoms with van der Waals surface area (Å²) in [6.07, 6.45) is 0. The molecule has 0 atom stereocenters. The van der Waals surface area contributed by atoms with Crippen molar-refractivity contribution in [2.24, 2.45) is 0 Å². The first-order valence-corrected chi connectivity index (χ1v) is 9.28. The number of rotatable bonds is 4. The van der Waals surface area contributed by atoms with Gasteiger partial charge in [0, 0.05) is 32.2 Å². The Kier molecular flexibility index (Phi) is 5.07. The molecule has 1 saturated heterocycles. The molecule has 0 bridgehead atoms. The molecule has 0 aliphatic carbocycles. The van der Waals surface area contributed by atoms with Crippen LogP contribution < -0.4 is 4.90 Å². The van der Waals surface area contributed by atoms with Crippen molar-refractivity contribution in [3.05, 3.63) is 64.0 Å². The summed E-state index contributed by atoms with van der Waals surface area (Å²) in [5.74, 6) is -2.83. The second-order valence-electron chi connectivity index (χ2n) is 5.86. The zero-order chi connectivity index (χ0) is 19.8. The first kappa shape index (κ1) is 19.1. The van der Waals surface area contributed by atoms with Crippen molar-refractivity contribution < 1.29 is 26.5 Å². The molecule has 0 N–H and O–H groups in total. The predicted molar refractivity (Wildman–Crippen MR) is 90.4 cm³/mol. The van der Waals surface area contributed by atoms with Crippen LogP contribution in [0.5, 0.6) is 0 Å². The molecule has 0 amide bonds. The number of hydrogen-bond acceptors (Lipinski definition) is 5. The van der Waals surface area contributed by atoms with Crippen molar-refractivity contribution in [1.82, 2.24) is 4.31 Å². The number of hydrogen-bond donors (Lipinski definition) is 0. The van der Waals surface area contributed by atoms with Crippen LogP contribution in [0.3, 0.4) is 0 Å². The number of halogens is 3. The van der Waals surface area contributed by atoms with E-state index in [0.717, 1.165) is 28.6 Å². The Morgan fingerprint density at radius 1 is 0.926 bits per heavy atom. The zero-order valence-corrected chi connectivity index (χ0v) is 14.6. The summed E-state index contributed by atoms with van der Waals surface area (Å²) in [7, 11) is -4.18. The topological polar surface area (TPSA) is 83.8 Å². The monoisotopic (exact) mass is 401 g/mol. The maximum atomic E-state index is 13.9. The van der Waals surface area contributed by atoms with E-state index in [2.05, 4.69) is 0 Å². The van der Waals surface area contributed by atoms with E-state index in [1.54, 1.807) is 4.90 Å². The zero-order valence-electron chi connectivity index (χ0n) is 13.8. The van der Waals surface area contributed by atoms with Crippen LogP contribution in [0.2, 0.25) is 0 Å². The summed E-state index contributed by atoms with van der Waals surface area (Å²) in [4.78, 5) is 11.3. The first-order valence-electron chi connectivity index (χ1n) is 7.84. The van der Waals surface area contributed by atoms with Gasteiger partial charge in [-0.1, -0.05) is 0 Å². The molecule has 0 aromatic heterocycles. The molecular weight excluding hydrogens is 387 g/mol. The number of nitro groups is 1. The van der Waals surface area contributed by atoms with E-state index in [1.807, 2.05) is 0 Å². The third kappa shape index (κ3) is 3.74. The predicted octanol–water partition coefficient (Wildman–Crippen LogP) is 2.52. The van der Waals surface area contributed by atoms with Crippen molar-refractivity contribution >= 4 is 21.4 Å². The van der Waals surface area contributed by atoms with Gasteiger partial charge in [0.2, 0.25) is 10.0 Å². The molecule has 1 heterocycles. The molecule has 27 heavy (non-hydrogen) atoms. The Hall–Kier alpha value is -2.66. The normalized spacial score (nSPS) is 15.7. The summed E-state index contributed by atoms with van der Waals surface area (Å²) in [6.45, 7) is 0.0599. The molecule has 2 aromatic carbocycles. The third-order valence-electron chi connectivity index (χ3n) is 4.23. The summed E-state index contributed by atoms with van der Waals surface area (Å²) in [6, 6.07) is 5.35. The average Bonchev–Trinajstić information content (AvgIpc) is 2.61. The van der Waals surface area contributed by atoms with Crippen LogP contribution in [0.4, 0.5) is 24.5 Å². The van der Waals surface area contributed by atoms with E-state index in [9.17, 15) is 31.7 Å². The minimum Gasteiger partial charge on any atom is -0.363 e. The van der Waals surface area contributed by atoms with Gasteiger partial charge in [-0.25, -0.2) is 21.6 Å². The molecule has 1 fully saturated rings. The second kappa shape index (κ2) is 7.16. The van der Waals surface area contributed by atoms with Gasteiger partial charge in [0.1, 0.15) is 28.0 Å². The smallest absolute Gasteiger partial charge is 0.295 e. The highest BCUT2D eigenvalue weighted by Gasteiger charge is 2.32. The fourth-order valence-electron chi connectivity index (χ4n) is 2.90. The SMILES string of the molecule is O=[N+]([O-])c1cc(F)ccc1N1CCN(S(=O)(=O)c2ccc(F)cc2F)CC1. The van der Waals surface area contributed by atoms with Gasteiger partial charge in [0.25, 0.3) is 5.69 Å². The molecule has 144 valence electrons. The largest absolute Gasteiger partial charge is 0.363 e. The van der Waals surface area contributed by atoms with Crippen molar-refractivity contribution in [2.45, 2.75) is 4.90 Å². The fraction of sp³-hybridized carbons (Fsp3) is 0.250. The molecular formula is C16H14F3N3O4S. The second-order valence-corrected chi connectivity index (χ2v) is 7.76. The molecule has 7 nitrogen and oxygen atoms in total. The van der Waals surface area contributed by atoms with E-state index in [4.69, 9.17) is 0 Å². The maximum absolute atomic E-state index is 13.9. The molecule has 1 aliphatic heterocycles. The number of piperazine rings is 1. The van der Waals surface area contributed by atoms with Crippen LogP contribution in [0, 0.1) is 27.6 Å². The first-order chi connectivity index (χ1) is 12.7. The van der Waals surface area contributed by atoms with Gasteiger partial charge < -0.3 is 4.90 Å². The Balaban J connectivity index is 1.80. The van der Waals surface area contributed by atoms with Crippen LogP contribution in [0.25, 0.3) is 0 Å². The average molecular weight is 401 g/mol. The molecule has 0 saturated carbocycles. The Morgan fingerprint density at radius 3 is 2.11 bits per heavy atom. The Morgan fingerprint density at radius 2 is 1.52 bits per heavy atom. The van der Waals surface area contributed by atoms with Gasteiger partial charge in [-0.15, -0.1) is 0 Å². The van der Waals surface area contributed by atoms with Gasteiger partial charge in [-0.3, -0.25) is 10.1 Å². The molecule has 0 unspecified atom stereocenters. The number of sulfonamides is 1. The quantitative estimate of drug-likeness (QED) is 0.581. The van der Waals surface area contributed by atoms with Crippen molar-refractivity contribution in [1.29, 1.82) is 0 Å². The van der Waals surface area contributed by atoms with E-state index in [0.29, 0.717) is 6.07 Å². The van der Waals surface area contributed by atoms with E-state index >= 15 is 0 Å². The Bertz CT molecular complexity index is 992. The number of anilines is 1. The van der Waals surface area contributed by atoms with Gasteiger partial charge in [0.05, 0.1) is 11.0 Å². The van der Waals surface area contributed by atoms with E-state index in [1.165, 1.54) is 6.07 Å². The van der Waals surface area contributed by atoms with Crippen LogP contribution in [-0.4, -0.2) is 43.8 Å². The minimum absolute atomic E-state index is 0.0618. The van der Waals surface area contributed by atoms with Gasteiger partial charge in [-0.05, 0) is 24.3 Å². The number of nitrogens with zero attached hydrogens (tertiary/aromatic N) is 3. The van der Waals surface area contributed by atoms with Crippen molar-refractivity contribution in [2.75, 3.05) is 31.1 Å². The maximum Gasteiger partial charge on any atom is 0.295 e. The third-order valence-corrected chi connectivity index (χ3v) is 6.16. The lowest BCUT2D eigenvalue weighted by Crippen LogP contribution is -2.49. The fourth-order valence-corrected chi connectivity index (χ4v) is 4.37. The standard InChI is InChI=1S/C16H14F3N3O4S/c17-11-2-4-16(13(19)9-11)27(25,26)21-7-5-20(6-8-21)14-3-1-12(18)10-15(14)22(23)24/h1-4,9-10H,5-8H2. The lowest BCUT2D eigenvalue weighted by atomic mass is 10.2. The summed E-state index contributed by atoms with van der Waals surface area (Å²) in [5.41, 5.74) is -0.248. The van der Waals surface area contributed by atoms with Gasteiger partial charge >= 0.3 is 0 Å². The lowest BCUT2D eigenvalue weighted by Gasteiger charge is -2.35. The molecule has 3 rings (SSSR count). The van der Waals surface area contributed by atoms with Gasteiger partial charge in [0.15, 0.2) is 0 Å². The van der Waals surface area contributed by atoms with Crippen LogP contribution in [0.15, 0.2) is 41.3 Å².